The number of hydrogen-bond acceptors (Lipinski definition) is 2. The summed E-state index contributed by atoms with van der Waals surface area (Å²) in [5.74, 6) is 0.879. The minimum absolute atomic E-state index is 0.0389. The van der Waals surface area contributed by atoms with Crippen LogP contribution in [0.1, 0.15) is 62.2 Å². The third-order valence-corrected chi connectivity index (χ3v) is 3.82. The molecule has 1 aliphatic rings. The fraction of sp³-hybridized carbons (Fsp3) is 0.588. The van der Waals surface area contributed by atoms with Gasteiger partial charge in [-0.3, -0.25) is 4.79 Å². The van der Waals surface area contributed by atoms with Crippen LogP contribution in [0.2, 0.25) is 0 Å². The molecule has 0 heterocycles. The Morgan fingerprint density at radius 3 is 2.55 bits per heavy atom. The summed E-state index contributed by atoms with van der Waals surface area (Å²) in [5.41, 5.74) is 0.721. The average Bonchev–Trinajstić information content (AvgIpc) is 2.49. The molecule has 1 aromatic rings. The van der Waals surface area contributed by atoms with E-state index < -0.39 is 0 Å². The van der Waals surface area contributed by atoms with Gasteiger partial charge in [0.2, 0.25) is 0 Å². The van der Waals surface area contributed by atoms with E-state index in [0.717, 1.165) is 43.6 Å². The first kappa shape index (κ1) is 14.9. The molecule has 3 nitrogen and oxygen atoms in total. The molecule has 1 aliphatic carbocycles. The van der Waals surface area contributed by atoms with Crippen LogP contribution in [-0.2, 0) is 0 Å². The van der Waals surface area contributed by atoms with Crippen molar-refractivity contribution in [1.82, 2.24) is 5.32 Å². The summed E-state index contributed by atoms with van der Waals surface area (Å²) in [6.07, 6.45) is 8.18. The molecule has 0 spiro atoms. The molecule has 1 fully saturated rings. The molecule has 0 radical (unpaired) electrons. The third-order valence-electron chi connectivity index (χ3n) is 3.82. The number of amides is 1. The number of carbonyl (C=O) groups is 1. The molecular weight excluding hydrogens is 250 g/mol. The first-order valence-corrected chi connectivity index (χ1v) is 7.83. The Hall–Kier alpha value is -1.51. The summed E-state index contributed by atoms with van der Waals surface area (Å²) in [7, 11) is 0. The van der Waals surface area contributed by atoms with E-state index >= 15 is 0 Å². The van der Waals surface area contributed by atoms with Crippen LogP contribution < -0.4 is 10.1 Å². The topological polar surface area (TPSA) is 38.3 Å². The van der Waals surface area contributed by atoms with Crippen molar-refractivity contribution in [2.75, 3.05) is 6.61 Å². The van der Waals surface area contributed by atoms with Crippen molar-refractivity contribution in [2.45, 2.75) is 57.9 Å². The lowest BCUT2D eigenvalue weighted by atomic mass is 9.95. The van der Waals surface area contributed by atoms with Crippen LogP contribution >= 0.6 is 0 Å². The van der Waals surface area contributed by atoms with Crippen LogP contribution in [-0.4, -0.2) is 18.6 Å². The fourth-order valence-electron chi connectivity index (χ4n) is 2.55. The SMILES string of the molecule is CCCCOc1ccc(C(=O)NC2CCCCC2)cc1. The second-order valence-corrected chi connectivity index (χ2v) is 5.53. The molecule has 110 valence electrons. The lowest BCUT2D eigenvalue weighted by molar-refractivity contribution is 0.0927. The normalized spacial score (nSPS) is 15.8. The van der Waals surface area contributed by atoms with Gasteiger partial charge in [-0.25, -0.2) is 0 Å². The Morgan fingerprint density at radius 2 is 1.90 bits per heavy atom. The number of carbonyl (C=O) groups excluding carboxylic acids is 1. The minimum Gasteiger partial charge on any atom is -0.494 e. The van der Waals surface area contributed by atoms with Gasteiger partial charge in [-0.2, -0.15) is 0 Å². The zero-order valence-corrected chi connectivity index (χ0v) is 12.4. The highest BCUT2D eigenvalue weighted by molar-refractivity contribution is 5.94. The predicted octanol–water partition coefficient (Wildman–Crippen LogP) is 3.93. The van der Waals surface area contributed by atoms with Gasteiger partial charge in [-0.1, -0.05) is 32.6 Å². The van der Waals surface area contributed by atoms with Crippen LogP contribution in [0, 0.1) is 0 Å². The second-order valence-electron chi connectivity index (χ2n) is 5.53. The maximum absolute atomic E-state index is 12.1. The second kappa shape index (κ2) is 7.93. The summed E-state index contributed by atoms with van der Waals surface area (Å²) < 4.78 is 5.60. The highest BCUT2D eigenvalue weighted by Gasteiger charge is 2.16. The molecular formula is C17H25NO2. The number of benzene rings is 1. The van der Waals surface area contributed by atoms with Crippen LogP contribution in [0.5, 0.6) is 5.75 Å². The van der Waals surface area contributed by atoms with Gasteiger partial charge in [-0.05, 0) is 43.5 Å². The Labute approximate surface area is 121 Å². The molecule has 20 heavy (non-hydrogen) atoms. The van der Waals surface area contributed by atoms with E-state index in [4.69, 9.17) is 4.74 Å². The van der Waals surface area contributed by atoms with Crippen molar-refractivity contribution in [1.29, 1.82) is 0 Å². The molecule has 0 unspecified atom stereocenters. The van der Waals surface area contributed by atoms with Gasteiger partial charge in [0.15, 0.2) is 0 Å². The summed E-state index contributed by atoms with van der Waals surface area (Å²) in [6, 6.07) is 7.81. The number of hydrogen-bond donors (Lipinski definition) is 1. The smallest absolute Gasteiger partial charge is 0.251 e. The maximum Gasteiger partial charge on any atom is 0.251 e. The lowest BCUT2D eigenvalue weighted by Gasteiger charge is -2.22. The van der Waals surface area contributed by atoms with Crippen molar-refractivity contribution in [3.05, 3.63) is 29.8 Å². The highest BCUT2D eigenvalue weighted by Crippen LogP contribution is 2.18. The lowest BCUT2D eigenvalue weighted by Crippen LogP contribution is -2.36. The molecule has 1 amide bonds. The van der Waals surface area contributed by atoms with Gasteiger partial charge in [0.05, 0.1) is 6.61 Å². The largest absolute Gasteiger partial charge is 0.494 e. The first-order valence-electron chi connectivity index (χ1n) is 7.83. The molecule has 3 heteroatoms. The van der Waals surface area contributed by atoms with E-state index in [9.17, 15) is 4.79 Å². The van der Waals surface area contributed by atoms with Gasteiger partial charge in [0, 0.05) is 11.6 Å². The van der Waals surface area contributed by atoms with Crippen molar-refractivity contribution >= 4 is 5.91 Å². The molecule has 0 saturated heterocycles. The van der Waals surface area contributed by atoms with Crippen LogP contribution in [0.25, 0.3) is 0 Å². The fourth-order valence-corrected chi connectivity index (χ4v) is 2.55. The van der Waals surface area contributed by atoms with E-state index in [-0.39, 0.29) is 5.91 Å². The molecule has 2 rings (SSSR count). The summed E-state index contributed by atoms with van der Waals surface area (Å²) in [4.78, 5) is 12.1. The summed E-state index contributed by atoms with van der Waals surface area (Å²) in [5, 5.41) is 3.13. The van der Waals surface area contributed by atoms with Gasteiger partial charge in [0.1, 0.15) is 5.75 Å². The van der Waals surface area contributed by atoms with Gasteiger partial charge in [-0.15, -0.1) is 0 Å². The zero-order chi connectivity index (χ0) is 14.2. The van der Waals surface area contributed by atoms with Crippen molar-refractivity contribution in [2.24, 2.45) is 0 Å². The molecule has 0 aromatic heterocycles. The van der Waals surface area contributed by atoms with E-state index in [1.165, 1.54) is 19.3 Å². The van der Waals surface area contributed by atoms with Gasteiger partial charge in [0.25, 0.3) is 5.91 Å². The predicted molar refractivity (Wildman–Crippen MR) is 81.2 cm³/mol. The number of nitrogens with one attached hydrogen (secondary N) is 1. The van der Waals surface area contributed by atoms with E-state index in [1.54, 1.807) is 0 Å². The Bertz CT molecular complexity index is 408. The quantitative estimate of drug-likeness (QED) is 0.799. The Kier molecular flexibility index (Phi) is 5.90. The van der Waals surface area contributed by atoms with Crippen molar-refractivity contribution in [3.63, 3.8) is 0 Å². The zero-order valence-electron chi connectivity index (χ0n) is 12.4. The highest BCUT2D eigenvalue weighted by atomic mass is 16.5. The van der Waals surface area contributed by atoms with E-state index in [1.807, 2.05) is 24.3 Å². The average molecular weight is 275 g/mol. The molecule has 0 bridgehead atoms. The molecule has 1 saturated carbocycles. The minimum atomic E-state index is 0.0389. The van der Waals surface area contributed by atoms with Crippen LogP contribution in [0.4, 0.5) is 0 Å². The van der Waals surface area contributed by atoms with E-state index in [0.29, 0.717) is 6.04 Å². The summed E-state index contributed by atoms with van der Waals surface area (Å²) in [6.45, 7) is 2.88. The monoisotopic (exact) mass is 275 g/mol. The number of ether oxygens (including phenoxy) is 1. The van der Waals surface area contributed by atoms with Gasteiger partial charge < -0.3 is 10.1 Å². The van der Waals surface area contributed by atoms with Crippen LogP contribution in [0.3, 0.4) is 0 Å². The molecule has 0 atom stereocenters. The Balaban J connectivity index is 1.83. The number of unbranched alkanes of at least 4 members (excludes halogenated alkanes) is 1. The summed E-state index contributed by atoms with van der Waals surface area (Å²) >= 11 is 0. The first-order chi connectivity index (χ1) is 9.79. The molecule has 0 aliphatic heterocycles. The molecule has 1 aromatic carbocycles. The Morgan fingerprint density at radius 1 is 1.20 bits per heavy atom. The third kappa shape index (κ3) is 4.55. The standard InChI is InChI=1S/C17H25NO2/c1-2-3-13-20-16-11-9-14(10-12-16)17(19)18-15-7-5-4-6-8-15/h9-12,15H,2-8,13H2,1H3,(H,18,19). The number of rotatable bonds is 6. The van der Waals surface area contributed by atoms with Crippen molar-refractivity contribution in [3.8, 4) is 5.75 Å². The van der Waals surface area contributed by atoms with Crippen LogP contribution in [0.15, 0.2) is 24.3 Å². The molecule has 1 N–H and O–H groups in total. The maximum atomic E-state index is 12.1. The van der Waals surface area contributed by atoms with Gasteiger partial charge >= 0.3 is 0 Å². The van der Waals surface area contributed by atoms with Crippen molar-refractivity contribution < 1.29 is 9.53 Å². The van der Waals surface area contributed by atoms with E-state index in [2.05, 4.69) is 12.2 Å².